The molecule has 0 aliphatic rings. The number of ether oxygens (including phenoxy) is 1. The Balaban J connectivity index is 5.06. The predicted octanol–water partition coefficient (Wildman–Crippen LogP) is 0.931. The van der Waals surface area contributed by atoms with Crippen LogP contribution in [0.5, 0.6) is 0 Å². The van der Waals surface area contributed by atoms with E-state index in [0.29, 0.717) is 6.42 Å². The molecular formula is C10H16N2O4S. The summed E-state index contributed by atoms with van der Waals surface area (Å²) in [6, 6.07) is 0. The number of carbonyl (C=O) groups excluding carboxylic acids is 2. The molecule has 1 unspecified atom stereocenters. The summed E-state index contributed by atoms with van der Waals surface area (Å²) in [4.78, 5) is 21.9. The van der Waals surface area contributed by atoms with Crippen LogP contribution in [0.15, 0.2) is 4.36 Å². The van der Waals surface area contributed by atoms with Crippen molar-refractivity contribution in [3.8, 4) is 12.3 Å². The number of carbonyl (C=O) groups is 2. The molecule has 2 atom stereocenters. The van der Waals surface area contributed by atoms with Gasteiger partial charge < -0.3 is 4.74 Å². The first-order valence-electron chi connectivity index (χ1n) is 4.87. The van der Waals surface area contributed by atoms with Gasteiger partial charge in [0, 0.05) is 13.3 Å². The van der Waals surface area contributed by atoms with Crippen molar-refractivity contribution in [2.45, 2.75) is 20.3 Å². The second-order valence-electron chi connectivity index (χ2n) is 3.54. The van der Waals surface area contributed by atoms with Gasteiger partial charge in [-0.25, -0.2) is 9.00 Å². The number of rotatable bonds is 4. The van der Waals surface area contributed by atoms with Crippen LogP contribution in [-0.2, 0) is 19.4 Å². The van der Waals surface area contributed by atoms with Gasteiger partial charge in [-0.3, -0.25) is 9.52 Å². The first-order valence-corrected chi connectivity index (χ1v) is 6.56. The standard InChI is InChI=1S/C10H16N2O4S/c1-5-6-8(2)7-17(15,11-9(3)13)12-10(14)16-4/h1,8H,6-7H2,2-4H3,(H,11,12,13,14,15)/t8-,17?/m0/s1. The SMILES string of the molecule is C#CC[C@H](C)CS(=O)(=NC(=O)OC)NC(C)=O. The van der Waals surface area contributed by atoms with E-state index < -0.39 is 21.9 Å². The number of hydrogen-bond acceptors (Lipinski definition) is 4. The Hall–Kier alpha value is -1.55. The average Bonchev–Trinajstić information content (AvgIpc) is 2.15. The second kappa shape index (κ2) is 6.91. The third-order valence-corrected chi connectivity index (χ3v) is 3.75. The summed E-state index contributed by atoms with van der Waals surface area (Å²) < 4.78 is 22.0. The fraction of sp³-hybridized carbons (Fsp3) is 0.600. The molecule has 0 fully saturated rings. The minimum absolute atomic E-state index is 0.00583. The molecule has 1 N–H and O–H groups in total. The lowest BCUT2D eigenvalue weighted by atomic mass is 10.1. The molecule has 0 rings (SSSR count). The minimum Gasteiger partial charge on any atom is -0.451 e. The van der Waals surface area contributed by atoms with Gasteiger partial charge in [0.1, 0.15) is 9.92 Å². The molecule has 0 aromatic carbocycles. The zero-order valence-electron chi connectivity index (χ0n) is 10.1. The van der Waals surface area contributed by atoms with Crippen molar-refractivity contribution < 1.29 is 18.5 Å². The van der Waals surface area contributed by atoms with E-state index in [1.807, 2.05) is 0 Å². The van der Waals surface area contributed by atoms with E-state index in [2.05, 4.69) is 19.7 Å². The monoisotopic (exact) mass is 260 g/mol. The lowest BCUT2D eigenvalue weighted by Crippen LogP contribution is -2.33. The highest BCUT2D eigenvalue weighted by Crippen LogP contribution is 2.07. The normalized spacial score (nSPS) is 14.9. The van der Waals surface area contributed by atoms with E-state index >= 15 is 0 Å². The maximum atomic E-state index is 12.2. The highest BCUT2D eigenvalue weighted by Gasteiger charge is 2.17. The van der Waals surface area contributed by atoms with Gasteiger partial charge in [0.25, 0.3) is 0 Å². The Morgan fingerprint density at radius 1 is 1.59 bits per heavy atom. The van der Waals surface area contributed by atoms with Crippen LogP contribution in [-0.4, -0.2) is 29.1 Å². The first-order chi connectivity index (χ1) is 7.83. The Morgan fingerprint density at radius 2 is 2.18 bits per heavy atom. The molecule has 0 saturated carbocycles. The van der Waals surface area contributed by atoms with Gasteiger partial charge >= 0.3 is 6.09 Å². The molecule has 0 aromatic heterocycles. The molecule has 0 aliphatic carbocycles. The van der Waals surface area contributed by atoms with E-state index in [0.717, 1.165) is 7.11 Å². The van der Waals surface area contributed by atoms with E-state index in [4.69, 9.17) is 6.42 Å². The average molecular weight is 260 g/mol. The van der Waals surface area contributed by atoms with Crippen molar-refractivity contribution in [2.75, 3.05) is 12.9 Å². The molecule has 0 heterocycles. The van der Waals surface area contributed by atoms with Crippen LogP contribution < -0.4 is 4.72 Å². The maximum Gasteiger partial charge on any atom is 0.442 e. The van der Waals surface area contributed by atoms with Crippen LogP contribution in [0.25, 0.3) is 0 Å². The summed E-state index contributed by atoms with van der Waals surface area (Å²) >= 11 is 0. The van der Waals surface area contributed by atoms with Crippen molar-refractivity contribution in [1.82, 2.24) is 4.72 Å². The highest BCUT2D eigenvalue weighted by molar-refractivity contribution is 7.92. The molecular weight excluding hydrogens is 244 g/mol. The fourth-order valence-corrected chi connectivity index (χ4v) is 2.99. The Morgan fingerprint density at radius 3 is 2.59 bits per heavy atom. The predicted molar refractivity (Wildman–Crippen MR) is 64.3 cm³/mol. The zero-order chi connectivity index (χ0) is 13.5. The lowest BCUT2D eigenvalue weighted by molar-refractivity contribution is -0.117. The summed E-state index contributed by atoms with van der Waals surface area (Å²) in [5, 5.41) is 0. The van der Waals surface area contributed by atoms with Gasteiger partial charge in [-0.2, -0.15) is 0 Å². The van der Waals surface area contributed by atoms with E-state index in [1.54, 1.807) is 6.92 Å². The van der Waals surface area contributed by atoms with Gasteiger partial charge in [0.05, 0.1) is 12.9 Å². The molecule has 6 nitrogen and oxygen atoms in total. The van der Waals surface area contributed by atoms with E-state index in [9.17, 15) is 13.8 Å². The Labute approximate surface area is 101 Å². The number of methoxy groups -OCH3 is 1. The van der Waals surface area contributed by atoms with Crippen LogP contribution in [0.2, 0.25) is 0 Å². The quantitative estimate of drug-likeness (QED) is 0.762. The number of nitrogens with one attached hydrogen (secondary N) is 1. The van der Waals surface area contributed by atoms with Crippen molar-refractivity contribution in [1.29, 1.82) is 0 Å². The first kappa shape index (κ1) is 15.4. The molecule has 0 bridgehead atoms. The highest BCUT2D eigenvalue weighted by atomic mass is 32.2. The summed E-state index contributed by atoms with van der Waals surface area (Å²) in [6.07, 6.45) is 4.52. The van der Waals surface area contributed by atoms with Crippen molar-refractivity contribution >= 4 is 21.9 Å². The molecule has 0 spiro atoms. The lowest BCUT2D eigenvalue weighted by Gasteiger charge is -2.13. The van der Waals surface area contributed by atoms with Gasteiger partial charge in [-0.1, -0.05) is 6.92 Å². The van der Waals surface area contributed by atoms with Crippen molar-refractivity contribution in [3.63, 3.8) is 0 Å². The van der Waals surface area contributed by atoms with Crippen LogP contribution in [0.1, 0.15) is 20.3 Å². The van der Waals surface area contributed by atoms with Crippen LogP contribution in [0, 0.1) is 18.3 Å². The van der Waals surface area contributed by atoms with Crippen LogP contribution in [0.3, 0.4) is 0 Å². The molecule has 2 amide bonds. The van der Waals surface area contributed by atoms with E-state index in [1.165, 1.54) is 6.92 Å². The van der Waals surface area contributed by atoms with Crippen LogP contribution >= 0.6 is 0 Å². The number of amides is 2. The zero-order valence-corrected chi connectivity index (χ0v) is 10.9. The third-order valence-electron chi connectivity index (χ3n) is 1.68. The topological polar surface area (TPSA) is 84.8 Å². The van der Waals surface area contributed by atoms with Crippen LogP contribution in [0.4, 0.5) is 4.79 Å². The number of nitrogens with zero attached hydrogens (tertiary/aromatic N) is 1. The Kier molecular flexibility index (Phi) is 6.28. The molecule has 0 radical (unpaired) electrons. The third kappa shape index (κ3) is 6.58. The molecule has 17 heavy (non-hydrogen) atoms. The molecule has 0 aromatic rings. The Bertz CT molecular complexity index is 444. The minimum atomic E-state index is -3.17. The maximum absolute atomic E-state index is 12.2. The van der Waals surface area contributed by atoms with Crippen molar-refractivity contribution in [2.24, 2.45) is 10.3 Å². The molecule has 96 valence electrons. The molecule has 0 saturated heterocycles. The number of hydrogen-bond donors (Lipinski definition) is 1. The summed E-state index contributed by atoms with van der Waals surface area (Å²) in [5.74, 6) is 1.76. The van der Waals surface area contributed by atoms with Gasteiger partial charge in [-0.05, 0) is 5.92 Å². The summed E-state index contributed by atoms with van der Waals surface area (Å²) in [7, 11) is -2.05. The van der Waals surface area contributed by atoms with Gasteiger partial charge in [-0.15, -0.1) is 16.7 Å². The number of terminal acetylenes is 1. The molecule has 7 heteroatoms. The van der Waals surface area contributed by atoms with E-state index in [-0.39, 0.29) is 11.7 Å². The van der Waals surface area contributed by atoms with Gasteiger partial charge in [0.2, 0.25) is 5.91 Å². The smallest absolute Gasteiger partial charge is 0.442 e. The summed E-state index contributed by atoms with van der Waals surface area (Å²) in [6.45, 7) is 2.95. The second-order valence-corrected chi connectivity index (χ2v) is 5.54. The fourth-order valence-electron chi connectivity index (χ4n) is 1.13. The summed E-state index contributed by atoms with van der Waals surface area (Å²) in [5.41, 5.74) is 0. The largest absolute Gasteiger partial charge is 0.451 e. The van der Waals surface area contributed by atoms with Gasteiger partial charge in [0.15, 0.2) is 0 Å². The van der Waals surface area contributed by atoms with Crippen molar-refractivity contribution in [3.05, 3.63) is 0 Å². The molecule has 0 aliphatic heterocycles.